The Morgan fingerprint density at radius 2 is 1.79 bits per heavy atom. The van der Waals surface area contributed by atoms with Crippen LogP contribution in [0.25, 0.3) is 21.5 Å². The van der Waals surface area contributed by atoms with Crippen LogP contribution in [0, 0.1) is 17.8 Å². The van der Waals surface area contributed by atoms with Gasteiger partial charge in [-0.05, 0) is 70.5 Å². The van der Waals surface area contributed by atoms with Crippen LogP contribution in [-0.2, 0) is 20.7 Å². The average Bonchev–Trinajstić information content (AvgIpc) is 2.83. The van der Waals surface area contributed by atoms with Gasteiger partial charge in [-0.15, -0.1) is 0 Å². The number of ether oxygens (including phenoxy) is 2. The Kier molecular flexibility index (Phi) is 7.00. The summed E-state index contributed by atoms with van der Waals surface area (Å²) in [5.74, 6) is 1.46. The van der Waals surface area contributed by atoms with Gasteiger partial charge in [0.15, 0.2) is 0 Å². The normalized spacial score (nSPS) is 27.1. The first kappa shape index (κ1) is 23.8. The Balaban J connectivity index is 1.39. The molecular weight excluding hydrogens is 488 g/mol. The van der Waals surface area contributed by atoms with Crippen molar-refractivity contribution in [1.82, 2.24) is 0 Å². The van der Waals surface area contributed by atoms with Gasteiger partial charge in [-0.3, -0.25) is 0 Å². The lowest BCUT2D eigenvalue weighted by molar-refractivity contribution is -0.160. The highest BCUT2D eigenvalue weighted by molar-refractivity contribution is 9.09. The molecule has 3 nitrogen and oxygen atoms in total. The number of hydrogen-bond donors (Lipinski definition) is 0. The van der Waals surface area contributed by atoms with Crippen LogP contribution < -0.4 is 0 Å². The van der Waals surface area contributed by atoms with Crippen LogP contribution in [0.2, 0.25) is 0 Å². The molecule has 0 N–H and O–H groups in total. The first-order chi connectivity index (χ1) is 16.4. The molecule has 0 heterocycles. The van der Waals surface area contributed by atoms with Crippen LogP contribution >= 0.6 is 15.9 Å². The molecule has 180 valence electrons. The summed E-state index contributed by atoms with van der Waals surface area (Å²) < 4.78 is 12.4. The second-order valence-electron chi connectivity index (χ2n) is 10.7. The van der Waals surface area contributed by atoms with E-state index in [-0.39, 0.29) is 29.6 Å². The van der Waals surface area contributed by atoms with Gasteiger partial charge in [-0.2, -0.15) is 0 Å². The molecule has 4 heteroatoms. The third-order valence-corrected chi connectivity index (χ3v) is 8.93. The molecule has 0 bridgehead atoms. The van der Waals surface area contributed by atoms with Crippen molar-refractivity contribution < 1.29 is 14.3 Å². The molecule has 2 aliphatic rings. The fraction of sp³-hybridized carbons (Fsp3) is 0.500. The molecule has 0 unspecified atom stereocenters. The van der Waals surface area contributed by atoms with E-state index >= 15 is 0 Å². The lowest BCUT2D eigenvalue weighted by Gasteiger charge is -2.37. The number of aryl methyl sites for hydroxylation is 1. The van der Waals surface area contributed by atoms with E-state index < -0.39 is 0 Å². The number of alkyl halides is 1. The van der Waals surface area contributed by atoms with Crippen LogP contribution in [0.5, 0.6) is 0 Å². The number of fused-ring (bicyclic) bond motifs is 5. The Morgan fingerprint density at radius 3 is 2.62 bits per heavy atom. The second kappa shape index (κ2) is 9.99. The van der Waals surface area contributed by atoms with Crippen molar-refractivity contribution in [3.05, 3.63) is 59.7 Å². The van der Waals surface area contributed by atoms with Crippen molar-refractivity contribution in [2.75, 3.05) is 6.61 Å². The van der Waals surface area contributed by atoms with Gasteiger partial charge in [0.2, 0.25) is 0 Å². The maximum atomic E-state index is 13.0. The van der Waals surface area contributed by atoms with Gasteiger partial charge in [0.1, 0.15) is 12.7 Å². The van der Waals surface area contributed by atoms with Gasteiger partial charge in [0, 0.05) is 5.56 Å². The number of rotatable bonds is 5. The maximum absolute atomic E-state index is 13.0. The van der Waals surface area contributed by atoms with E-state index in [1.54, 1.807) is 0 Å². The molecule has 0 saturated heterocycles. The monoisotopic (exact) mass is 522 g/mol. The van der Waals surface area contributed by atoms with Gasteiger partial charge >= 0.3 is 5.97 Å². The third kappa shape index (κ3) is 4.64. The van der Waals surface area contributed by atoms with Crippen molar-refractivity contribution in [2.45, 2.75) is 69.9 Å². The van der Waals surface area contributed by atoms with E-state index in [1.807, 2.05) is 0 Å². The highest BCUT2D eigenvalue weighted by atomic mass is 79.9. The van der Waals surface area contributed by atoms with E-state index in [0.717, 1.165) is 24.8 Å². The van der Waals surface area contributed by atoms with Gasteiger partial charge in [0.25, 0.3) is 0 Å². The molecule has 34 heavy (non-hydrogen) atoms. The summed E-state index contributed by atoms with van der Waals surface area (Å²) in [4.78, 5) is 13.1. The SMILES string of the molecule is CC(C)[C@@H]1CC[C@@H](C)C[C@H]1OCC(=O)O[C@@H]1c2c(ccc3c2ccc2ccccc23)CC[C@H]1Br. The largest absolute Gasteiger partial charge is 0.455 e. The zero-order valence-corrected chi connectivity index (χ0v) is 22.0. The van der Waals surface area contributed by atoms with Gasteiger partial charge in [0.05, 0.1) is 10.9 Å². The van der Waals surface area contributed by atoms with Crippen LogP contribution in [0.3, 0.4) is 0 Å². The summed E-state index contributed by atoms with van der Waals surface area (Å²) in [6.45, 7) is 6.84. The van der Waals surface area contributed by atoms with Gasteiger partial charge in [-0.1, -0.05) is 91.7 Å². The maximum Gasteiger partial charge on any atom is 0.332 e. The van der Waals surface area contributed by atoms with Crippen molar-refractivity contribution in [1.29, 1.82) is 0 Å². The molecule has 5 atom stereocenters. The Bertz CT molecular complexity index is 1190. The molecule has 1 fully saturated rings. The molecule has 0 radical (unpaired) electrons. The molecule has 0 aromatic heterocycles. The first-order valence-corrected chi connectivity index (χ1v) is 13.7. The van der Waals surface area contributed by atoms with Crippen molar-refractivity contribution in [2.24, 2.45) is 17.8 Å². The molecular formula is C30H35BrO3. The molecule has 0 amide bonds. The lowest BCUT2D eigenvalue weighted by Crippen LogP contribution is -2.36. The number of esters is 1. The smallest absolute Gasteiger partial charge is 0.332 e. The molecule has 1 saturated carbocycles. The molecule has 5 rings (SSSR count). The van der Waals surface area contributed by atoms with E-state index in [0.29, 0.717) is 17.8 Å². The summed E-state index contributed by atoms with van der Waals surface area (Å²) in [5, 5.41) is 4.86. The van der Waals surface area contributed by atoms with Crippen molar-refractivity contribution >= 4 is 43.4 Å². The van der Waals surface area contributed by atoms with E-state index in [9.17, 15) is 4.79 Å². The van der Waals surface area contributed by atoms with Gasteiger partial charge in [-0.25, -0.2) is 4.79 Å². The van der Waals surface area contributed by atoms with E-state index in [2.05, 4.69) is 85.2 Å². The minimum atomic E-state index is -0.309. The summed E-state index contributed by atoms with van der Waals surface area (Å²) in [6.07, 6.45) is 5.21. The Morgan fingerprint density at radius 1 is 1.00 bits per heavy atom. The van der Waals surface area contributed by atoms with Crippen LogP contribution in [-0.4, -0.2) is 23.5 Å². The van der Waals surface area contributed by atoms with Crippen LogP contribution in [0.4, 0.5) is 0 Å². The third-order valence-electron chi connectivity index (χ3n) is 8.00. The number of carbonyl (C=O) groups excluding carboxylic acids is 1. The summed E-state index contributed by atoms with van der Waals surface area (Å²) in [6, 6.07) is 17.3. The minimum Gasteiger partial charge on any atom is -0.455 e. The summed E-state index contributed by atoms with van der Waals surface area (Å²) in [7, 11) is 0. The molecule has 3 aromatic carbocycles. The predicted molar refractivity (Wildman–Crippen MR) is 142 cm³/mol. The second-order valence-corrected chi connectivity index (χ2v) is 11.8. The zero-order valence-electron chi connectivity index (χ0n) is 20.4. The van der Waals surface area contributed by atoms with E-state index in [1.165, 1.54) is 39.9 Å². The fourth-order valence-corrected chi connectivity index (χ4v) is 6.73. The summed E-state index contributed by atoms with van der Waals surface area (Å²) in [5.41, 5.74) is 2.43. The number of carbonyl (C=O) groups is 1. The van der Waals surface area contributed by atoms with Crippen molar-refractivity contribution in [3.8, 4) is 0 Å². The Hall–Kier alpha value is -1.91. The number of benzene rings is 3. The van der Waals surface area contributed by atoms with Crippen molar-refractivity contribution in [3.63, 3.8) is 0 Å². The van der Waals surface area contributed by atoms with E-state index in [4.69, 9.17) is 9.47 Å². The van der Waals surface area contributed by atoms with Crippen LogP contribution in [0.1, 0.15) is 63.7 Å². The highest BCUT2D eigenvalue weighted by Gasteiger charge is 2.35. The standard InChI is InChI=1S/C30H35BrO3/c1-18(2)22-12-8-19(3)16-27(22)33-17-28(32)34-30-26(31)15-11-21-10-13-24-23-7-5-4-6-20(23)9-14-25(24)29(21)30/h4-7,9-10,13-14,18-19,22,26-27,30H,8,11-12,15-17H2,1-3H3/t19-,22+,26-,27-,30+/m1/s1. The lowest BCUT2D eigenvalue weighted by atomic mass is 9.75. The fourth-order valence-electron chi connectivity index (χ4n) is 6.13. The van der Waals surface area contributed by atoms with Gasteiger partial charge < -0.3 is 9.47 Å². The molecule has 2 aliphatic carbocycles. The molecule has 3 aromatic rings. The first-order valence-electron chi connectivity index (χ1n) is 12.8. The van der Waals surface area contributed by atoms with Crippen LogP contribution in [0.15, 0.2) is 48.5 Å². The average molecular weight is 524 g/mol. The highest BCUT2D eigenvalue weighted by Crippen LogP contribution is 2.42. The molecule has 0 spiro atoms. The number of halogens is 1. The molecule has 0 aliphatic heterocycles. The quantitative estimate of drug-likeness (QED) is 0.195. The number of hydrogen-bond acceptors (Lipinski definition) is 3. The predicted octanol–water partition coefficient (Wildman–Crippen LogP) is 7.76. The zero-order chi connectivity index (χ0) is 23.8. The Labute approximate surface area is 211 Å². The minimum absolute atomic E-state index is 0.0276. The topological polar surface area (TPSA) is 35.5 Å². The summed E-state index contributed by atoms with van der Waals surface area (Å²) >= 11 is 3.83.